The molecule has 1 aliphatic carbocycles. The first-order chi connectivity index (χ1) is 15.1. The van der Waals surface area contributed by atoms with E-state index in [1.807, 2.05) is 28.1 Å². The maximum absolute atomic E-state index is 12.4. The van der Waals surface area contributed by atoms with E-state index in [1.165, 1.54) is 23.1 Å². The van der Waals surface area contributed by atoms with E-state index in [1.54, 1.807) is 20.4 Å². The van der Waals surface area contributed by atoms with Gasteiger partial charge in [-0.05, 0) is 48.9 Å². The van der Waals surface area contributed by atoms with Crippen LogP contribution in [0.5, 0.6) is 17.4 Å². The second-order valence-electron chi connectivity index (χ2n) is 7.24. The van der Waals surface area contributed by atoms with E-state index >= 15 is 0 Å². The molecule has 0 bridgehead atoms. The Labute approximate surface area is 189 Å². The summed E-state index contributed by atoms with van der Waals surface area (Å²) in [6.07, 6.45) is 5.59. The number of benzene rings is 1. The summed E-state index contributed by atoms with van der Waals surface area (Å²) in [6, 6.07) is 5.74. The van der Waals surface area contributed by atoms with Crippen LogP contribution in [0.15, 0.2) is 34.8 Å². The van der Waals surface area contributed by atoms with Crippen LogP contribution < -0.4 is 14.8 Å². The number of ether oxygens (including phenoxy) is 2. The van der Waals surface area contributed by atoms with Gasteiger partial charge in [-0.25, -0.2) is 4.98 Å². The SMILES string of the molecule is COc1ccc(Cn2c(O)c3c(c2SCC(=O)Nc2nccs2)CCCC3)cc1OC. The van der Waals surface area contributed by atoms with Crippen LogP contribution in [-0.2, 0) is 24.2 Å². The summed E-state index contributed by atoms with van der Waals surface area (Å²) in [6.45, 7) is 0.482. The summed E-state index contributed by atoms with van der Waals surface area (Å²) in [4.78, 5) is 16.5. The molecule has 1 aromatic carbocycles. The van der Waals surface area contributed by atoms with Gasteiger partial charge in [-0.2, -0.15) is 0 Å². The van der Waals surface area contributed by atoms with Crippen LogP contribution in [-0.4, -0.2) is 40.5 Å². The smallest absolute Gasteiger partial charge is 0.236 e. The molecule has 2 heterocycles. The Morgan fingerprint density at radius 3 is 2.71 bits per heavy atom. The van der Waals surface area contributed by atoms with Gasteiger partial charge in [0.25, 0.3) is 0 Å². The lowest BCUT2D eigenvalue weighted by atomic mass is 9.95. The van der Waals surface area contributed by atoms with Crippen molar-refractivity contribution in [2.45, 2.75) is 37.3 Å². The maximum atomic E-state index is 12.4. The van der Waals surface area contributed by atoms with Crippen LogP contribution in [0, 0.1) is 0 Å². The molecule has 164 valence electrons. The Balaban J connectivity index is 1.59. The second kappa shape index (κ2) is 9.65. The number of aromatic nitrogens is 2. The van der Waals surface area contributed by atoms with Crippen molar-refractivity contribution >= 4 is 34.1 Å². The minimum absolute atomic E-state index is 0.108. The van der Waals surface area contributed by atoms with Crippen molar-refractivity contribution in [3.05, 3.63) is 46.5 Å². The Bertz CT molecular complexity index is 1060. The summed E-state index contributed by atoms with van der Waals surface area (Å²) in [7, 11) is 3.21. The molecule has 1 aliphatic rings. The quantitative estimate of drug-likeness (QED) is 0.488. The molecule has 4 rings (SSSR count). The van der Waals surface area contributed by atoms with Crippen LogP contribution in [0.25, 0.3) is 0 Å². The number of nitrogens with one attached hydrogen (secondary N) is 1. The largest absolute Gasteiger partial charge is 0.494 e. The Morgan fingerprint density at radius 1 is 1.23 bits per heavy atom. The number of thioether (sulfide) groups is 1. The maximum Gasteiger partial charge on any atom is 0.236 e. The Morgan fingerprint density at radius 2 is 2.00 bits per heavy atom. The molecule has 0 fully saturated rings. The van der Waals surface area contributed by atoms with E-state index in [2.05, 4.69) is 10.3 Å². The molecule has 0 spiro atoms. The summed E-state index contributed by atoms with van der Waals surface area (Å²) in [5.41, 5.74) is 3.15. The van der Waals surface area contributed by atoms with E-state index in [0.29, 0.717) is 29.1 Å². The molecule has 2 N–H and O–H groups in total. The number of nitrogens with zero attached hydrogens (tertiary/aromatic N) is 2. The van der Waals surface area contributed by atoms with Crippen molar-refractivity contribution in [3.63, 3.8) is 0 Å². The van der Waals surface area contributed by atoms with Gasteiger partial charge in [0.15, 0.2) is 22.5 Å². The number of hydrogen-bond donors (Lipinski definition) is 2. The van der Waals surface area contributed by atoms with Gasteiger partial charge >= 0.3 is 0 Å². The highest BCUT2D eigenvalue weighted by atomic mass is 32.2. The highest BCUT2D eigenvalue weighted by Gasteiger charge is 2.25. The lowest BCUT2D eigenvalue weighted by molar-refractivity contribution is -0.113. The van der Waals surface area contributed by atoms with Gasteiger partial charge < -0.3 is 24.5 Å². The van der Waals surface area contributed by atoms with Crippen molar-refractivity contribution in [2.24, 2.45) is 0 Å². The summed E-state index contributed by atoms with van der Waals surface area (Å²) < 4.78 is 12.7. The van der Waals surface area contributed by atoms with E-state index in [4.69, 9.17) is 9.47 Å². The molecule has 1 amide bonds. The summed E-state index contributed by atoms with van der Waals surface area (Å²) in [5.74, 6) is 1.75. The van der Waals surface area contributed by atoms with Crippen LogP contribution in [0.3, 0.4) is 0 Å². The number of anilines is 1. The lowest BCUT2D eigenvalue weighted by Crippen LogP contribution is -2.14. The Kier molecular flexibility index (Phi) is 6.72. The predicted octanol–water partition coefficient (Wildman–Crippen LogP) is 4.33. The standard InChI is InChI=1S/C22H25N3O4S2/c1-28-17-8-7-14(11-18(17)29-2)12-25-20(27)15-5-3-4-6-16(15)21(25)31-13-19(26)24-22-23-9-10-30-22/h7-11,27H,3-6,12-13H2,1-2H3,(H,23,24,26). The molecule has 0 atom stereocenters. The van der Waals surface area contributed by atoms with Crippen LogP contribution in [0.4, 0.5) is 5.13 Å². The van der Waals surface area contributed by atoms with Crippen molar-refractivity contribution in [1.82, 2.24) is 9.55 Å². The fourth-order valence-electron chi connectivity index (χ4n) is 3.86. The van der Waals surface area contributed by atoms with Gasteiger partial charge in [0, 0.05) is 17.1 Å². The number of carbonyl (C=O) groups excluding carboxylic acids is 1. The van der Waals surface area contributed by atoms with Gasteiger partial charge in [-0.3, -0.25) is 4.79 Å². The van der Waals surface area contributed by atoms with Crippen LogP contribution in [0.1, 0.15) is 29.5 Å². The fourth-order valence-corrected chi connectivity index (χ4v) is 5.45. The minimum atomic E-state index is -0.108. The molecule has 0 saturated heterocycles. The van der Waals surface area contributed by atoms with Gasteiger partial charge in [0.05, 0.1) is 31.5 Å². The highest BCUT2D eigenvalue weighted by Crippen LogP contribution is 2.40. The van der Waals surface area contributed by atoms with Crippen LogP contribution in [0.2, 0.25) is 0 Å². The molecule has 31 heavy (non-hydrogen) atoms. The normalized spacial score (nSPS) is 13.0. The molecule has 9 heteroatoms. The van der Waals surface area contributed by atoms with Crippen LogP contribution >= 0.6 is 23.1 Å². The topological polar surface area (TPSA) is 85.6 Å². The zero-order valence-electron chi connectivity index (χ0n) is 17.5. The second-order valence-corrected chi connectivity index (χ2v) is 9.10. The third-order valence-corrected chi connectivity index (χ3v) is 7.14. The molecule has 0 saturated carbocycles. The Hall–Kier alpha value is -2.65. The number of amides is 1. The number of thiazole rings is 1. The first kappa shape index (κ1) is 21.6. The zero-order valence-corrected chi connectivity index (χ0v) is 19.1. The monoisotopic (exact) mass is 459 g/mol. The highest BCUT2D eigenvalue weighted by molar-refractivity contribution is 8.00. The van der Waals surface area contributed by atoms with E-state index < -0.39 is 0 Å². The predicted molar refractivity (Wildman–Crippen MR) is 123 cm³/mol. The van der Waals surface area contributed by atoms with E-state index in [0.717, 1.165) is 47.4 Å². The minimum Gasteiger partial charge on any atom is -0.494 e. The molecule has 0 aliphatic heterocycles. The third-order valence-electron chi connectivity index (χ3n) is 5.30. The number of methoxy groups -OCH3 is 2. The molecular weight excluding hydrogens is 434 g/mol. The number of carbonyl (C=O) groups is 1. The molecular formula is C22H25N3O4S2. The van der Waals surface area contributed by atoms with Crippen molar-refractivity contribution in [3.8, 4) is 17.4 Å². The van der Waals surface area contributed by atoms with Gasteiger partial charge in [-0.15, -0.1) is 11.3 Å². The van der Waals surface area contributed by atoms with E-state index in [-0.39, 0.29) is 11.7 Å². The van der Waals surface area contributed by atoms with Gasteiger partial charge in [0.2, 0.25) is 5.91 Å². The number of rotatable bonds is 8. The van der Waals surface area contributed by atoms with Gasteiger partial charge in [-0.1, -0.05) is 17.8 Å². The number of hydrogen-bond acceptors (Lipinski definition) is 7. The summed E-state index contributed by atoms with van der Waals surface area (Å²) in [5, 5.41) is 17.2. The van der Waals surface area contributed by atoms with Crippen molar-refractivity contribution < 1.29 is 19.4 Å². The van der Waals surface area contributed by atoms with Gasteiger partial charge in [0.1, 0.15) is 0 Å². The molecule has 3 aromatic rings. The fraction of sp³-hybridized carbons (Fsp3) is 0.364. The first-order valence-electron chi connectivity index (χ1n) is 10.1. The molecule has 2 aromatic heterocycles. The molecule has 0 radical (unpaired) electrons. The third kappa shape index (κ3) is 4.67. The number of fused-ring (bicyclic) bond motifs is 1. The first-order valence-corrected chi connectivity index (χ1v) is 11.9. The average molecular weight is 460 g/mol. The number of aromatic hydroxyl groups is 1. The molecule has 7 nitrogen and oxygen atoms in total. The lowest BCUT2D eigenvalue weighted by Gasteiger charge is -2.14. The van der Waals surface area contributed by atoms with E-state index in [9.17, 15) is 9.90 Å². The average Bonchev–Trinajstić information content (AvgIpc) is 3.39. The zero-order chi connectivity index (χ0) is 21.8. The van der Waals surface area contributed by atoms with Crippen molar-refractivity contribution in [2.75, 3.05) is 25.3 Å². The molecule has 0 unspecified atom stereocenters. The summed E-state index contributed by atoms with van der Waals surface area (Å²) >= 11 is 2.85. The van der Waals surface area contributed by atoms with Crippen molar-refractivity contribution in [1.29, 1.82) is 0 Å².